The number of hydrogen-bond acceptors (Lipinski definition) is 2. The number of aliphatic hydroxyl groups is 1. The summed E-state index contributed by atoms with van der Waals surface area (Å²) in [7, 11) is 0. The third-order valence-electron chi connectivity index (χ3n) is 6.78. The van der Waals surface area contributed by atoms with E-state index in [1.807, 2.05) is 6.07 Å². The van der Waals surface area contributed by atoms with Crippen LogP contribution in [0, 0.1) is 0 Å². The van der Waals surface area contributed by atoms with Gasteiger partial charge in [-0.25, -0.2) is 4.98 Å². The van der Waals surface area contributed by atoms with Crippen LogP contribution in [0.2, 0.25) is 0 Å². The molecule has 0 aliphatic heterocycles. The van der Waals surface area contributed by atoms with Crippen molar-refractivity contribution in [3.8, 4) is 0 Å². The number of fused-ring (bicyclic) bond motifs is 4. The third-order valence-corrected chi connectivity index (χ3v) is 6.78. The predicted molar refractivity (Wildman–Crippen MR) is 131 cm³/mol. The summed E-state index contributed by atoms with van der Waals surface area (Å²) in [5.74, 6) is 1.52. The summed E-state index contributed by atoms with van der Waals surface area (Å²) in [5, 5.41) is 13.8. The van der Waals surface area contributed by atoms with E-state index in [9.17, 15) is 5.11 Å². The van der Waals surface area contributed by atoms with Crippen molar-refractivity contribution in [3.05, 3.63) is 90.8 Å². The lowest BCUT2D eigenvalue weighted by molar-refractivity contribution is 0.137. The van der Waals surface area contributed by atoms with Crippen LogP contribution in [-0.2, 0) is 13.1 Å². The van der Waals surface area contributed by atoms with Crippen molar-refractivity contribution < 1.29 is 5.11 Å². The molecular formula is C28H27N3O. The molecule has 0 unspecified atom stereocenters. The largest absolute Gasteiger partial charge is 0.389 e. The van der Waals surface area contributed by atoms with Gasteiger partial charge >= 0.3 is 0 Å². The Bertz CT molecular complexity index is 1390. The maximum absolute atomic E-state index is 11.3. The van der Waals surface area contributed by atoms with Gasteiger partial charge in [0, 0.05) is 27.7 Å². The molecule has 0 saturated heterocycles. The summed E-state index contributed by atoms with van der Waals surface area (Å²) in [6, 6.07) is 25.2. The fraction of sp³-hybridized carbons (Fsp3) is 0.250. The first kappa shape index (κ1) is 19.3. The van der Waals surface area contributed by atoms with Crippen LogP contribution >= 0.6 is 0 Å². The highest BCUT2D eigenvalue weighted by Gasteiger charge is 2.22. The van der Waals surface area contributed by atoms with E-state index in [2.05, 4.69) is 88.0 Å². The highest BCUT2D eigenvalue weighted by Crippen LogP contribution is 2.32. The van der Waals surface area contributed by atoms with Crippen LogP contribution in [-0.4, -0.2) is 25.3 Å². The molecular weight excluding hydrogens is 394 g/mol. The van der Waals surface area contributed by atoms with Crippen molar-refractivity contribution in [2.75, 3.05) is 0 Å². The zero-order valence-corrected chi connectivity index (χ0v) is 18.1. The van der Waals surface area contributed by atoms with Crippen molar-refractivity contribution >= 4 is 32.8 Å². The van der Waals surface area contributed by atoms with E-state index >= 15 is 0 Å². The number of para-hydroxylation sites is 4. The van der Waals surface area contributed by atoms with Crippen LogP contribution in [0.5, 0.6) is 0 Å². The fourth-order valence-electron chi connectivity index (χ4n) is 5.31. The van der Waals surface area contributed by atoms with Gasteiger partial charge in [-0.05, 0) is 43.5 Å². The number of nitrogens with zero attached hydrogens (tertiary/aromatic N) is 3. The predicted octanol–water partition coefficient (Wildman–Crippen LogP) is 6.03. The van der Waals surface area contributed by atoms with Gasteiger partial charge < -0.3 is 14.2 Å². The number of benzene rings is 3. The number of rotatable bonds is 5. The summed E-state index contributed by atoms with van der Waals surface area (Å²) >= 11 is 0. The number of allylic oxidation sites excluding steroid dienone is 2. The van der Waals surface area contributed by atoms with Crippen molar-refractivity contribution in [1.29, 1.82) is 0 Å². The van der Waals surface area contributed by atoms with Crippen LogP contribution in [0.1, 0.15) is 31.0 Å². The fourth-order valence-corrected chi connectivity index (χ4v) is 5.31. The zero-order valence-electron chi connectivity index (χ0n) is 18.1. The Morgan fingerprint density at radius 3 is 2.09 bits per heavy atom. The molecule has 32 heavy (non-hydrogen) atoms. The Labute approximate surface area is 187 Å². The number of imidazole rings is 1. The summed E-state index contributed by atoms with van der Waals surface area (Å²) in [6.07, 6.45) is 7.24. The Morgan fingerprint density at radius 1 is 0.781 bits per heavy atom. The maximum Gasteiger partial charge on any atom is 0.113 e. The molecule has 0 bridgehead atoms. The molecule has 2 heterocycles. The molecule has 4 nitrogen and oxygen atoms in total. The molecule has 3 aromatic carbocycles. The van der Waals surface area contributed by atoms with Gasteiger partial charge in [0.15, 0.2) is 0 Å². The van der Waals surface area contributed by atoms with Gasteiger partial charge in [0.25, 0.3) is 0 Å². The summed E-state index contributed by atoms with van der Waals surface area (Å²) in [4.78, 5) is 5.00. The molecule has 4 heteroatoms. The Morgan fingerprint density at radius 2 is 1.41 bits per heavy atom. The van der Waals surface area contributed by atoms with Crippen LogP contribution < -0.4 is 0 Å². The average Bonchev–Trinajstić information content (AvgIpc) is 3.36. The first-order valence-corrected chi connectivity index (χ1v) is 11.5. The highest BCUT2D eigenvalue weighted by molar-refractivity contribution is 6.07. The SMILES string of the molecule is O[C@@H](Cn1c([C@H]2CC=CCC2)nc2ccccc21)Cn1c2ccccc2c2ccccc21. The maximum atomic E-state index is 11.3. The first-order chi connectivity index (χ1) is 15.8. The number of aliphatic hydroxyl groups excluding tert-OH is 1. The summed E-state index contributed by atoms with van der Waals surface area (Å²) < 4.78 is 4.52. The zero-order chi connectivity index (χ0) is 21.5. The van der Waals surface area contributed by atoms with E-state index < -0.39 is 6.10 Å². The molecule has 5 aromatic rings. The van der Waals surface area contributed by atoms with Crippen molar-refractivity contribution in [2.24, 2.45) is 0 Å². The van der Waals surface area contributed by atoms with Crippen LogP contribution in [0.15, 0.2) is 84.9 Å². The van der Waals surface area contributed by atoms with E-state index in [4.69, 9.17) is 4.98 Å². The lowest BCUT2D eigenvalue weighted by Crippen LogP contribution is -2.24. The standard InChI is InChI=1S/C28H27N3O/c32-21(18-30-25-15-7-4-12-22(25)23-13-5-8-16-26(23)30)19-31-27-17-9-6-14-24(27)29-28(31)20-10-2-1-3-11-20/h1-2,4-9,12-17,20-21,32H,3,10-11,18-19H2/t20-,21+/m0/s1. The lowest BCUT2D eigenvalue weighted by atomic mass is 9.93. The van der Waals surface area contributed by atoms with E-state index in [1.54, 1.807) is 0 Å². The van der Waals surface area contributed by atoms with Gasteiger partial charge in [0.05, 0.1) is 30.2 Å². The number of hydrogen-bond donors (Lipinski definition) is 1. The van der Waals surface area contributed by atoms with Gasteiger partial charge in [-0.2, -0.15) is 0 Å². The molecule has 1 aliphatic carbocycles. The van der Waals surface area contributed by atoms with Gasteiger partial charge in [-0.15, -0.1) is 0 Å². The second-order valence-corrected chi connectivity index (χ2v) is 8.85. The third kappa shape index (κ3) is 3.23. The first-order valence-electron chi connectivity index (χ1n) is 11.5. The molecule has 0 spiro atoms. The molecule has 160 valence electrons. The Balaban J connectivity index is 1.38. The topological polar surface area (TPSA) is 43.0 Å². The molecule has 0 saturated carbocycles. The molecule has 0 amide bonds. The smallest absolute Gasteiger partial charge is 0.113 e. The molecule has 6 rings (SSSR count). The Hall–Kier alpha value is -3.37. The second kappa shape index (κ2) is 7.95. The molecule has 1 N–H and O–H groups in total. The second-order valence-electron chi connectivity index (χ2n) is 8.85. The van der Waals surface area contributed by atoms with Gasteiger partial charge in [-0.3, -0.25) is 0 Å². The minimum absolute atomic E-state index is 0.410. The average molecular weight is 422 g/mol. The Kier molecular flexibility index (Phi) is 4.80. The van der Waals surface area contributed by atoms with E-state index in [1.165, 1.54) is 21.8 Å². The van der Waals surface area contributed by atoms with Gasteiger partial charge in [0.1, 0.15) is 5.82 Å². The molecule has 2 atom stereocenters. The van der Waals surface area contributed by atoms with Gasteiger partial charge in [-0.1, -0.05) is 60.7 Å². The summed E-state index contributed by atoms with van der Waals surface area (Å²) in [6.45, 7) is 1.08. The van der Waals surface area contributed by atoms with Crippen LogP contribution in [0.4, 0.5) is 0 Å². The minimum Gasteiger partial charge on any atom is -0.389 e. The van der Waals surface area contributed by atoms with E-state index in [0.717, 1.165) is 36.1 Å². The molecule has 0 radical (unpaired) electrons. The number of aromatic nitrogens is 3. The molecule has 2 aromatic heterocycles. The van der Waals surface area contributed by atoms with Crippen molar-refractivity contribution in [2.45, 2.75) is 44.4 Å². The van der Waals surface area contributed by atoms with Crippen LogP contribution in [0.3, 0.4) is 0 Å². The van der Waals surface area contributed by atoms with E-state index in [-0.39, 0.29) is 0 Å². The molecule has 0 fully saturated rings. The quantitative estimate of drug-likeness (QED) is 0.352. The van der Waals surface area contributed by atoms with Crippen molar-refractivity contribution in [1.82, 2.24) is 14.1 Å². The van der Waals surface area contributed by atoms with Crippen molar-refractivity contribution in [3.63, 3.8) is 0 Å². The highest BCUT2D eigenvalue weighted by atomic mass is 16.3. The van der Waals surface area contributed by atoms with E-state index in [0.29, 0.717) is 19.0 Å². The van der Waals surface area contributed by atoms with Crippen LogP contribution in [0.25, 0.3) is 32.8 Å². The van der Waals surface area contributed by atoms with Gasteiger partial charge in [0.2, 0.25) is 0 Å². The molecule has 1 aliphatic rings. The monoisotopic (exact) mass is 421 g/mol. The minimum atomic E-state index is -0.523. The summed E-state index contributed by atoms with van der Waals surface area (Å²) in [5.41, 5.74) is 4.46. The normalized spacial score (nSPS) is 17.5. The lowest BCUT2D eigenvalue weighted by Gasteiger charge is -2.21.